The van der Waals surface area contributed by atoms with Crippen LogP contribution in [-0.4, -0.2) is 27.7 Å². The Hall–Kier alpha value is -1.36. The first-order valence-electron chi connectivity index (χ1n) is 8.95. The number of aliphatic hydroxyl groups excluding tert-OH is 1. The molecule has 3 N–H and O–H groups in total. The molecule has 0 saturated heterocycles. The summed E-state index contributed by atoms with van der Waals surface area (Å²) in [5.74, 6) is -0.716. The van der Waals surface area contributed by atoms with Gasteiger partial charge in [0, 0.05) is 33.7 Å². The Labute approximate surface area is 175 Å². The Kier molecular flexibility index (Phi) is 11.4. The van der Waals surface area contributed by atoms with Crippen molar-refractivity contribution in [1.82, 2.24) is 0 Å². The van der Waals surface area contributed by atoms with Gasteiger partial charge in [0.15, 0.2) is 0 Å². The van der Waals surface area contributed by atoms with Gasteiger partial charge in [-0.3, -0.25) is 9.36 Å². The van der Waals surface area contributed by atoms with E-state index in [4.69, 9.17) is 33.4 Å². The number of benzene rings is 2. The zero-order chi connectivity index (χ0) is 21.0. The lowest BCUT2D eigenvalue weighted by Gasteiger charge is -2.12. The van der Waals surface area contributed by atoms with E-state index >= 15 is 0 Å². The first kappa shape index (κ1) is 24.7. The molecule has 0 unspecified atom stereocenters. The summed E-state index contributed by atoms with van der Waals surface area (Å²) in [5.41, 5.74) is 0. The van der Waals surface area contributed by atoms with Gasteiger partial charge in [0.1, 0.15) is 0 Å². The van der Waals surface area contributed by atoms with E-state index in [1.807, 2.05) is 0 Å². The van der Waals surface area contributed by atoms with Crippen LogP contribution in [0.2, 0.25) is 10.0 Å². The van der Waals surface area contributed by atoms with Gasteiger partial charge in [0.05, 0.1) is 0 Å². The lowest BCUT2D eigenvalue weighted by molar-refractivity contribution is -0.137. The molecule has 0 aromatic heterocycles. The standard InChI is InChI=1S/C12H9Cl2O2P.C8H16O3/c13-9-3-1-5-11(7-9)17(15,16)12-6-2-4-10(14)8-12;9-7-5-3-1-2-4-6-8(10)11/h1-8H,(H,15,16);9H,1-7H2,(H,10,11). The maximum atomic E-state index is 12.4. The molecule has 0 spiro atoms. The molecule has 154 valence electrons. The van der Waals surface area contributed by atoms with Crippen molar-refractivity contribution in [3.05, 3.63) is 58.6 Å². The van der Waals surface area contributed by atoms with Crippen LogP contribution < -0.4 is 10.6 Å². The second-order valence-corrected chi connectivity index (χ2v) is 9.23. The van der Waals surface area contributed by atoms with Gasteiger partial charge < -0.3 is 15.1 Å². The molecule has 28 heavy (non-hydrogen) atoms. The van der Waals surface area contributed by atoms with Crippen LogP contribution in [-0.2, 0) is 9.36 Å². The molecule has 0 radical (unpaired) electrons. The Balaban J connectivity index is 0.000000311. The average molecular weight is 447 g/mol. The van der Waals surface area contributed by atoms with Crippen molar-refractivity contribution in [2.75, 3.05) is 6.61 Å². The van der Waals surface area contributed by atoms with Crippen molar-refractivity contribution in [3.63, 3.8) is 0 Å². The number of hydrogen-bond donors (Lipinski definition) is 3. The Morgan fingerprint density at radius 3 is 1.75 bits per heavy atom. The highest BCUT2D eigenvalue weighted by molar-refractivity contribution is 7.73. The van der Waals surface area contributed by atoms with Crippen LogP contribution in [0.3, 0.4) is 0 Å². The van der Waals surface area contributed by atoms with E-state index < -0.39 is 13.3 Å². The van der Waals surface area contributed by atoms with E-state index in [0.717, 1.165) is 32.1 Å². The molecule has 0 amide bonds. The predicted octanol–water partition coefficient (Wildman–Crippen LogP) is 4.62. The third-order valence-electron chi connectivity index (χ3n) is 3.87. The molecule has 0 bridgehead atoms. The third-order valence-corrected chi connectivity index (χ3v) is 6.29. The van der Waals surface area contributed by atoms with Crippen molar-refractivity contribution in [1.29, 1.82) is 0 Å². The van der Waals surface area contributed by atoms with Gasteiger partial charge in [-0.05, 0) is 49.2 Å². The second-order valence-electron chi connectivity index (χ2n) is 6.17. The van der Waals surface area contributed by atoms with Crippen LogP contribution in [0.5, 0.6) is 0 Å². The normalized spacial score (nSPS) is 10.9. The molecule has 8 heteroatoms. The fourth-order valence-electron chi connectivity index (χ4n) is 2.40. The predicted molar refractivity (Wildman–Crippen MR) is 114 cm³/mol. The number of carbonyl (C=O) groups is 1. The molecule has 2 aromatic carbocycles. The fourth-order valence-corrected chi connectivity index (χ4v) is 4.43. The number of aliphatic carboxylic acids is 1. The lowest BCUT2D eigenvalue weighted by Crippen LogP contribution is -2.15. The van der Waals surface area contributed by atoms with E-state index in [9.17, 15) is 14.3 Å². The van der Waals surface area contributed by atoms with Crippen molar-refractivity contribution in [3.8, 4) is 0 Å². The van der Waals surface area contributed by atoms with Gasteiger partial charge in [-0.1, -0.05) is 54.6 Å². The van der Waals surface area contributed by atoms with E-state index in [-0.39, 0.29) is 13.0 Å². The van der Waals surface area contributed by atoms with Gasteiger partial charge >= 0.3 is 5.97 Å². The summed E-state index contributed by atoms with van der Waals surface area (Å²) in [5, 5.41) is 18.1. The SMILES string of the molecule is O=C(O)CCCCCCCO.O=P(O)(c1cccc(Cl)c1)c1cccc(Cl)c1. The quantitative estimate of drug-likeness (QED) is 0.385. The minimum Gasteiger partial charge on any atom is -0.481 e. The Morgan fingerprint density at radius 2 is 1.32 bits per heavy atom. The van der Waals surface area contributed by atoms with E-state index in [0.29, 0.717) is 20.7 Å². The lowest BCUT2D eigenvalue weighted by atomic mass is 10.1. The molecule has 0 aliphatic rings. The summed E-state index contributed by atoms with van der Waals surface area (Å²) in [6.45, 7) is 0.249. The van der Waals surface area contributed by atoms with E-state index in [2.05, 4.69) is 0 Å². The number of halogens is 2. The van der Waals surface area contributed by atoms with Crippen LogP contribution >= 0.6 is 30.6 Å². The monoisotopic (exact) mass is 446 g/mol. The largest absolute Gasteiger partial charge is 0.481 e. The van der Waals surface area contributed by atoms with Crippen molar-refractivity contribution < 1.29 is 24.5 Å². The number of rotatable bonds is 9. The Bertz CT molecular complexity index is 748. The number of unbranched alkanes of at least 4 members (excludes halogenated alkanes) is 4. The molecule has 0 saturated carbocycles. The molecule has 2 aromatic rings. The van der Waals surface area contributed by atoms with Crippen molar-refractivity contribution >= 4 is 47.1 Å². The van der Waals surface area contributed by atoms with Crippen LogP contribution in [0.4, 0.5) is 0 Å². The summed E-state index contributed by atoms with van der Waals surface area (Å²) in [7, 11) is -3.62. The van der Waals surface area contributed by atoms with Gasteiger partial charge in [-0.25, -0.2) is 0 Å². The molecule has 0 fully saturated rings. The molecule has 0 atom stereocenters. The van der Waals surface area contributed by atoms with Gasteiger partial charge in [0.2, 0.25) is 0 Å². The highest BCUT2D eigenvalue weighted by atomic mass is 35.5. The third kappa shape index (κ3) is 9.22. The number of carboxylic acids is 1. The number of carboxylic acid groups (broad SMARTS) is 1. The van der Waals surface area contributed by atoms with Crippen molar-refractivity contribution in [2.45, 2.75) is 38.5 Å². The zero-order valence-electron chi connectivity index (χ0n) is 15.4. The summed E-state index contributed by atoms with van der Waals surface area (Å²) < 4.78 is 12.4. The maximum absolute atomic E-state index is 12.4. The zero-order valence-corrected chi connectivity index (χ0v) is 17.8. The molecule has 0 heterocycles. The van der Waals surface area contributed by atoms with E-state index in [1.54, 1.807) is 36.4 Å². The van der Waals surface area contributed by atoms with Crippen molar-refractivity contribution in [2.24, 2.45) is 0 Å². The fraction of sp³-hybridized carbons (Fsp3) is 0.350. The summed E-state index contributed by atoms with van der Waals surface area (Å²) in [6.07, 6.45) is 4.89. The minimum atomic E-state index is -3.62. The summed E-state index contributed by atoms with van der Waals surface area (Å²) in [6, 6.07) is 12.7. The second kappa shape index (κ2) is 13.0. The smallest absolute Gasteiger partial charge is 0.303 e. The Morgan fingerprint density at radius 1 is 0.857 bits per heavy atom. The molecule has 2 rings (SSSR count). The molecular formula is C20H25Cl2O5P. The first-order chi connectivity index (χ1) is 13.3. The van der Waals surface area contributed by atoms with Crippen LogP contribution in [0.1, 0.15) is 38.5 Å². The maximum Gasteiger partial charge on any atom is 0.303 e. The molecule has 0 aliphatic heterocycles. The van der Waals surface area contributed by atoms with E-state index in [1.165, 1.54) is 12.1 Å². The van der Waals surface area contributed by atoms with Crippen LogP contribution in [0.15, 0.2) is 48.5 Å². The van der Waals surface area contributed by atoms with Crippen LogP contribution in [0.25, 0.3) is 0 Å². The summed E-state index contributed by atoms with van der Waals surface area (Å²) >= 11 is 11.6. The minimum absolute atomic E-state index is 0.249. The molecule has 5 nitrogen and oxygen atoms in total. The number of aliphatic hydroxyl groups is 1. The highest BCUT2D eigenvalue weighted by Gasteiger charge is 2.24. The average Bonchev–Trinajstić information content (AvgIpc) is 2.65. The first-order valence-corrected chi connectivity index (χ1v) is 11.4. The van der Waals surface area contributed by atoms with Gasteiger partial charge in [0.25, 0.3) is 7.37 Å². The van der Waals surface area contributed by atoms with Crippen LogP contribution in [0, 0.1) is 0 Å². The highest BCUT2D eigenvalue weighted by Crippen LogP contribution is 2.39. The van der Waals surface area contributed by atoms with Gasteiger partial charge in [-0.15, -0.1) is 0 Å². The van der Waals surface area contributed by atoms with Gasteiger partial charge in [-0.2, -0.15) is 0 Å². The molecule has 0 aliphatic carbocycles. The molecular weight excluding hydrogens is 422 g/mol. The topological polar surface area (TPSA) is 94.8 Å². The number of hydrogen-bond acceptors (Lipinski definition) is 3. The summed E-state index contributed by atoms with van der Waals surface area (Å²) in [4.78, 5) is 20.2.